The summed E-state index contributed by atoms with van der Waals surface area (Å²) in [6.45, 7) is 3.24. The van der Waals surface area contributed by atoms with Gasteiger partial charge in [0.25, 0.3) is 0 Å². The minimum atomic E-state index is -0.693. The van der Waals surface area contributed by atoms with Crippen molar-refractivity contribution in [2.24, 2.45) is 0 Å². The molecule has 0 radical (unpaired) electrons. The van der Waals surface area contributed by atoms with E-state index in [4.69, 9.17) is 0 Å². The van der Waals surface area contributed by atoms with E-state index in [1.165, 1.54) is 11.3 Å². The van der Waals surface area contributed by atoms with Gasteiger partial charge < -0.3 is 10.6 Å². The number of unbranched alkanes of at least 4 members (excludes halogenated alkanes) is 1. The number of carbonyl (C=O) groups excluding carboxylic acids is 2. The molecule has 2 heterocycles. The highest BCUT2D eigenvalue weighted by atomic mass is 32.1. The zero-order valence-electron chi connectivity index (χ0n) is 12.3. The largest absolute Gasteiger partial charge is 0.343 e. The van der Waals surface area contributed by atoms with Crippen LogP contribution in [-0.2, 0) is 29.2 Å². The summed E-state index contributed by atoms with van der Waals surface area (Å²) in [6.07, 6.45) is 1.98. The van der Waals surface area contributed by atoms with Crippen LogP contribution in [0.4, 0.5) is 0 Å². The van der Waals surface area contributed by atoms with Crippen LogP contribution < -0.4 is 10.6 Å². The maximum Gasteiger partial charge on any atom is 0.309 e. The van der Waals surface area contributed by atoms with Crippen LogP contribution in [0.25, 0.3) is 0 Å². The van der Waals surface area contributed by atoms with Crippen LogP contribution in [0.1, 0.15) is 30.5 Å². The lowest BCUT2D eigenvalue weighted by Gasteiger charge is -2.06. The quantitative estimate of drug-likeness (QED) is 0.721. The Kier molecular flexibility index (Phi) is 6.01. The molecule has 118 valence electrons. The molecule has 8 nitrogen and oxygen atoms in total. The van der Waals surface area contributed by atoms with Crippen molar-refractivity contribution in [3.05, 3.63) is 28.2 Å². The molecule has 2 amide bonds. The first kappa shape index (κ1) is 16.1. The highest BCUT2D eigenvalue weighted by molar-refractivity contribution is 7.09. The standard InChI is InChI=1S/C13H18N6O2S/c1-2-3-6-19-11(16-17-18-19)9-15-13(21)12(20)14-8-10-5-4-7-22-10/h4-5,7H,2-3,6,8-9H2,1H3,(H,14,20)(H,15,21). The van der Waals surface area contributed by atoms with Gasteiger partial charge >= 0.3 is 11.8 Å². The minimum Gasteiger partial charge on any atom is -0.343 e. The van der Waals surface area contributed by atoms with E-state index < -0.39 is 11.8 Å². The third-order valence-corrected chi connectivity index (χ3v) is 3.82. The van der Waals surface area contributed by atoms with Crippen molar-refractivity contribution in [3.8, 4) is 0 Å². The van der Waals surface area contributed by atoms with Crippen molar-refractivity contribution in [1.29, 1.82) is 0 Å². The van der Waals surface area contributed by atoms with E-state index in [2.05, 4.69) is 33.1 Å². The van der Waals surface area contributed by atoms with E-state index >= 15 is 0 Å². The summed E-state index contributed by atoms with van der Waals surface area (Å²) >= 11 is 1.52. The van der Waals surface area contributed by atoms with E-state index in [1.807, 2.05) is 17.5 Å². The summed E-state index contributed by atoms with van der Waals surface area (Å²) in [5, 5.41) is 18.3. The number of amides is 2. The third kappa shape index (κ3) is 4.62. The van der Waals surface area contributed by atoms with Crippen molar-refractivity contribution < 1.29 is 9.59 Å². The Bertz CT molecular complexity index is 610. The summed E-state index contributed by atoms with van der Waals surface area (Å²) in [7, 11) is 0. The van der Waals surface area contributed by atoms with Gasteiger partial charge in [-0.3, -0.25) is 9.59 Å². The molecule has 22 heavy (non-hydrogen) atoms. The molecule has 2 aromatic rings. The molecule has 9 heteroatoms. The molecule has 0 saturated heterocycles. The lowest BCUT2D eigenvalue weighted by atomic mass is 10.3. The van der Waals surface area contributed by atoms with E-state index in [0.717, 1.165) is 17.7 Å². The van der Waals surface area contributed by atoms with Crippen LogP contribution in [0.15, 0.2) is 17.5 Å². The van der Waals surface area contributed by atoms with Gasteiger partial charge in [0.15, 0.2) is 5.82 Å². The number of aryl methyl sites for hydroxylation is 1. The van der Waals surface area contributed by atoms with Gasteiger partial charge in [0.05, 0.1) is 13.1 Å². The summed E-state index contributed by atoms with van der Waals surface area (Å²) in [5.41, 5.74) is 0. The smallest absolute Gasteiger partial charge is 0.309 e. The van der Waals surface area contributed by atoms with Crippen LogP contribution in [0, 0.1) is 0 Å². The molecule has 0 aliphatic rings. The van der Waals surface area contributed by atoms with E-state index in [0.29, 0.717) is 18.9 Å². The second kappa shape index (κ2) is 8.23. The maximum atomic E-state index is 11.7. The molecule has 0 aliphatic heterocycles. The maximum absolute atomic E-state index is 11.7. The second-order valence-electron chi connectivity index (χ2n) is 4.62. The van der Waals surface area contributed by atoms with Gasteiger partial charge in [0, 0.05) is 11.4 Å². The van der Waals surface area contributed by atoms with Gasteiger partial charge in [-0.2, -0.15) is 0 Å². The summed E-state index contributed by atoms with van der Waals surface area (Å²) in [5.74, 6) is -0.824. The number of tetrazole rings is 1. The van der Waals surface area contributed by atoms with Crippen LogP contribution in [0.2, 0.25) is 0 Å². The Morgan fingerprint density at radius 3 is 2.73 bits per heavy atom. The highest BCUT2D eigenvalue weighted by Gasteiger charge is 2.14. The van der Waals surface area contributed by atoms with Crippen molar-refractivity contribution in [2.45, 2.75) is 39.4 Å². The van der Waals surface area contributed by atoms with Crippen molar-refractivity contribution in [2.75, 3.05) is 0 Å². The summed E-state index contributed by atoms with van der Waals surface area (Å²) in [6, 6.07) is 3.78. The molecular weight excluding hydrogens is 304 g/mol. The molecular formula is C13H18N6O2S. The van der Waals surface area contributed by atoms with E-state index in [-0.39, 0.29) is 6.54 Å². The van der Waals surface area contributed by atoms with Gasteiger partial charge in [-0.15, -0.1) is 16.4 Å². The topological polar surface area (TPSA) is 102 Å². The average Bonchev–Trinajstić information content (AvgIpc) is 3.19. The predicted molar refractivity (Wildman–Crippen MR) is 80.7 cm³/mol. The SMILES string of the molecule is CCCCn1nnnc1CNC(=O)C(=O)NCc1cccs1. The predicted octanol–water partition coefficient (Wildman–Crippen LogP) is 0.467. The van der Waals surface area contributed by atoms with Crippen molar-refractivity contribution in [3.63, 3.8) is 0 Å². The molecule has 0 unspecified atom stereocenters. The molecule has 0 fully saturated rings. The van der Waals surface area contributed by atoms with Crippen LogP contribution in [0.5, 0.6) is 0 Å². The van der Waals surface area contributed by atoms with Crippen molar-refractivity contribution in [1.82, 2.24) is 30.8 Å². The zero-order chi connectivity index (χ0) is 15.8. The summed E-state index contributed by atoms with van der Waals surface area (Å²) < 4.78 is 1.63. The zero-order valence-corrected chi connectivity index (χ0v) is 13.1. The number of thiophene rings is 1. The first-order chi connectivity index (χ1) is 10.7. The Morgan fingerprint density at radius 1 is 1.27 bits per heavy atom. The fourth-order valence-corrected chi connectivity index (χ4v) is 2.38. The number of nitrogens with zero attached hydrogens (tertiary/aromatic N) is 4. The first-order valence-electron chi connectivity index (χ1n) is 7.04. The van der Waals surface area contributed by atoms with Gasteiger partial charge in [-0.05, 0) is 28.3 Å². The fraction of sp³-hybridized carbons (Fsp3) is 0.462. The number of rotatable bonds is 7. The van der Waals surface area contributed by atoms with Crippen LogP contribution in [-0.4, -0.2) is 32.0 Å². The fourth-order valence-electron chi connectivity index (χ4n) is 1.73. The van der Waals surface area contributed by atoms with E-state index in [1.54, 1.807) is 4.68 Å². The average molecular weight is 322 g/mol. The summed E-state index contributed by atoms with van der Waals surface area (Å²) in [4.78, 5) is 24.4. The molecule has 0 aromatic carbocycles. The lowest BCUT2D eigenvalue weighted by molar-refractivity contribution is -0.139. The molecule has 0 atom stereocenters. The number of carbonyl (C=O) groups is 2. The normalized spacial score (nSPS) is 10.4. The lowest BCUT2D eigenvalue weighted by Crippen LogP contribution is -2.39. The molecule has 0 bridgehead atoms. The number of nitrogens with one attached hydrogen (secondary N) is 2. The Labute approximate surface area is 131 Å². The molecule has 2 aromatic heterocycles. The minimum absolute atomic E-state index is 0.127. The monoisotopic (exact) mass is 322 g/mol. The molecule has 0 spiro atoms. The van der Waals surface area contributed by atoms with Gasteiger partial charge in [0.1, 0.15) is 0 Å². The second-order valence-corrected chi connectivity index (χ2v) is 5.65. The highest BCUT2D eigenvalue weighted by Crippen LogP contribution is 2.07. The Morgan fingerprint density at radius 2 is 2.05 bits per heavy atom. The number of aromatic nitrogens is 4. The Balaban J connectivity index is 1.77. The molecule has 2 rings (SSSR count). The molecule has 0 saturated carbocycles. The number of hydrogen-bond acceptors (Lipinski definition) is 6. The van der Waals surface area contributed by atoms with Crippen molar-refractivity contribution >= 4 is 23.2 Å². The van der Waals surface area contributed by atoms with Crippen LogP contribution in [0.3, 0.4) is 0 Å². The molecule has 0 aliphatic carbocycles. The molecule has 2 N–H and O–H groups in total. The van der Waals surface area contributed by atoms with Gasteiger partial charge in [-0.25, -0.2) is 4.68 Å². The van der Waals surface area contributed by atoms with Gasteiger partial charge in [-0.1, -0.05) is 19.4 Å². The van der Waals surface area contributed by atoms with Gasteiger partial charge in [0.2, 0.25) is 0 Å². The van der Waals surface area contributed by atoms with E-state index in [9.17, 15) is 9.59 Å². The first-order valence-corrected chi connectivity index (χ1v) is 7.92. The number of hydrogen-bond donors (Lipinski definition) is 2. The Hall–Kier alpha value is -2.29. The third-order valence-electron chi connectivity index (χ3n) is 2.95. The van der Waals surface area contributed by atoms with Crippen LogP contribution >= 0.6 is 11.3 Å².